The van der Waals surface area contributed by atoms with Crippen molar-refractivity contribution in [1.29, 1.82) is 0 Å². The molecule has 4 heteroatoms. The van der Waals surface area contributed by atoms with Gasteiger partial charge in [-0.25, -0.2) is 0 Å². The molecule has 4 nitrogen and oxygen atoms in total. The molecular formula is C31H44N4. The van der Waals surface area contributed by atoms with Gasteiger partial charge in [-0.2, -0.15) is 5.10 Å². The molecule has 2 heterocycles. The van der Waals surface area contributed by atoms with Crippen LogP contribution in [-0.2, 0) is 13.1 Å². The van der Waals surface area contributed by atoms with Gasteiger partial charge in [0.25, 0.3) is 0 Å². The molecule has 1 aliphatic heterocycles. The van der Waals surface area contributed by atoms with Crippen LogP contribution in [-0.4, -0.2) is 28.2 Å². The first-order valence-corrected chi connectivity index (χ1v) is 13.9. The van der Waals surface area contributed by atoms with E-state index in [1.54, 1.807) is 0 Å². The van der Waals surface area contributed by atoms with Crippen LogP contribution in [0.25, 0.3) is 11.3 Å². The lowest BCUT2D eigenvalue weighted by Gasteiger charge is -2.23. The Morgan fingerprint density at radius 2 is 1.34 bits per heavy atom. The minimum Gasteiger partial charge on any atom is -0.365 e. The Morgan fingerprint density at radius 1 is 0.743 bits per heavy atom. The topological polar surface area (TPSA) is 44.0 Å². The maximum atomic E-state index is 4.46. The van der Waals surface area contributed by atoms with Crippen LogP contribution in [0.3, 0.4) is 0 Å². The zero-order chi connectivity index (χ0) is 24.1. The van der Waals surface area contributed by atoms with Crippen molar-refractivity contribution in [1.82, 2.24) is 15.1 Å². The van der Waals surface area contributed by atoms with E-state index in [0.29, 0.717) is 0 Å². The fourth-order valence-corrected chi connectivity index (χ4v) is 5.11. The Kier molecular flexibility index (Phi) is 10.3. The molecule has 1 fully saturated rings. The van der Waals surface area contributed by atoms with Crippen molar-refractivity contribution in [3.8, 4) is 11.3 Å². The van der Waals surface area contributed by atoms with Gasteiger partial charge in [0.1, 0.15) is 5.82 Å². The van der Waals surface area contributed by atoms with E-state index in [1.807, 2.05) is 0 Å². The molecule has 0 spiro atoms. The predicted molar refractivity (Wildman–Crippen MR) is 149 cm³/mol. The molecule has 0 unspecified atom stereocenters. The third-order valence-corrected chi connectivity index (χ3v) is 7.26. The number of aromatic nitrogens is 2. The molecule has 4 rings (SSSR count). The van der Waals surface area contributed by atoms with E-state index in [9.17, 15) is 0 Å². The summed E-state index contributed by atoms with van der Waals surface area (Å²) in [5, 5.41) is 11.1. The predicted octanol–water partition coefficient (Wildman–Crippen LogP) is 8.10. The van der Waals surface area contributed by atoms with Gasteiger partial charge < -0.3 is 5.32 Å². The van der Waals surface area contributed by atoms with Gasteiger partial charge >= 0.3 is 0 Å². The molecule has 1 aliphatic rings. The van der Waals surface area contributed by atoms with Crippen molar-refractivity contribution in [3.63, 3.8) is 0 Å². The SMILES string of the molecule is Cc1ccc(-c2cc(NCc3cccc(CN4CCCCCCCCCCCCC4)c3)n[nH]2)cc1. The fraction of sp³-hybridized carbons (Fsp3) is 0.516. The fourth-order valence-electron chi connectivity index (χ4n) is 5.11. The van der Waals surface area contributed by atoms with Gasteiger partial charge in [0, 0.05) is 19.2 Å². The molecule has 1 aromatic heterocycles. The Labute approximate surface area is 212 Å². The number of hydrogen-bond acceptors (Lipinski definition) is 3. The van der Waals surface area contributed by atoms with Crippen molar-refractivity contribution < 1.29 is 0 Å². The van der Waals surface area contributed by atoms with E-state index >= 15 is 0 Å². The second-order valence-electron chi connectivity index (χ2n) is 10.4. The molecule has 2 N–H and O–H groups in total. The molecular weight excluding hydrogens is 428 g/mol. The Bertz CT molecular complexity index is 977. The average molecular weight is 473 g/mol. The van der Waals surface area contributed by atoms with Crippen LogP contribution in [0.1, 0.15) is 87.3 Å². The number of nitrogens with zero attached hydrogens (tertiary/aromatic N) is 2. The Hall–Kier alpha value is -2.59. The number of nitrogens with one attached hydrogen (secondary N) is 2. The van der Waals surface area contributed by atoms with E-state index in [1.165, 1.54) is 100 Å². The molecule has 1 saturated heterocycles. The highest BCUT2D eigenvalue weighted by atomic mass is 15.2. The molecule has 3 aromatic rings. The lowest BCUT2D eigenvalue weighted by atomic mass is 10.0. The lowest BCUT2D eigenvalue weighted by Crippen LogP contribution is -2.26. The van der Waals surface area contributed by atoms with E-state index < -0.39 is 0 Å². The van der Waals surface area contributed by atoms with Gasteiger partial charge in [-0.3, -0.25) is 10.00 Å². The first-order valence-electron chi connectivity index (χ1n) is 13.9. The molecule has 0 bridgehead atoms. The Morgan fingerprint density at radius 3 is 2.00 bits per heavy atom. The summed E-state index contributed by atoms with van der Waals surface area (Å²) in [5.74, 6) is 0.890. The number of rotatable bonds is 6. The number of aryl methyl sites for hydroxylation is 1. The third-order valence-electron chi connectivity index (χ3n) is 7.26. The van der Waals surface area contributed by atoms with E-state index in [4.69, 9.17) is 0 Å². The van der Waals surface area contributed by atoms with Crippen LogP contribution in [0.4, 0.5) is 5.82 Å². The summed E-state index contributed by atoms with van der Waals surface area (Å²) in [7, 11) is 0. The number of benzene rings is 2. The molecule has 0 atom stereocenters. The van der Waals surface area contributed by atoms with Gasteiger partial charge in [0.15, 0.2) is 0 Å². The summed E-state index contributed by atoms with van der Waals surface area (Å²) in [6.07, 6.45) is 15.4. The van der Waals surface area contributed by atoms with Crippen molar-refractivity contribution in [3.05, 3.63) is 71.3 Å². The summed E-state index contributed by atoms with van der Waals surface area (Å²) in [6, 6.07) is 19.7. The summed E-state index contributed by atoms with van der Waals surface area (Å²) in [5.41, 5.74) is 6.21. The summed E-state index contributed by atoms with van der Waals surface area (Å²) in [6.45, 7) is 6.42. The van der Waals surface area contributed by atoms with Crippen LogP contribution in [0, 0.1) is 6.92 Å². The minimum absolute atomic E-state index is 0.784. The number of aromatic amines is 1. The van der Waals surface area contributed by atoms with Gasteiger partial charge in [0.05, 0.1) is 5.69 Å². The zero-order valence-corrected chi connectivity index (χ0v) is 21.7. The number of anilines is 1. The normalized spacial score (nSPS) is 17.1. The Balaban J connectivity index is 1.29. The number of hydrogen-bond donors (Lipinski definition) is 2. The second kappa shape index (κ2) is 14.1. The van der Waals surface area contributed by atoms with E-state index in [0.717, 1.165) is 30.2 Å². The quantitative estimate of drug-likeness (QED) is 0.381. The van der Waals surface area contributed by atoms with Crippen LogP contribution in [0.5, 0.6) is 0 Å². The van der Waals surface area contributed by atoms with Crippen LogP contribution < -0.4 is 5.32 Å². The number of H-pyrrole nitrogens is 1. The van der Waals surface area contributed by atoms with Gasteiger partial charge in [0.2, 0.25) is 0 Å². The van der Waals surface area contributed by atoms with Gasteiger partial charge in [-0.15, -0.1) is 0 Å². The van der Waals surface area contributed by atoms with E-state index in [-0.39, 0.29) is 0 Å². The second-order valence-corrected chi connectivity index (χ2v) is 10.4. The standard InChI is InChI=1S/C31H44N4/c1-26-16-18-29(19-17-26)30-23-31(34-33-30)32-24-27-14-13-15-28(22-27)25-35-20-11-9-7-5-3-2-4-6-8-10-12-21-35/h13-19,22-23H,2-12,20-21,24-25H2,1H3,(H2,32,33,34). The highest BCUT2D eigenvalue weighted by Gasteiger charge is 2.08. The van der Waals surface area contributed by atoms with Crippen molar-refractivity contribution in [2.75, 3.05) is 18.4 Å². The first kappa shape index (κ1) is 25.5. The minimum atomic E-state index is 0.784. The smallest absolute Gasteiger partial charge is 0.148 e. The average Bonchev–Trinajstić information content (AvgIpc) is 3.35. The zero-order valence-electron chi connectivity index (χ0n) is 21.7. The maximum absolute atomic E-state index is 4.46. The monoisotopic (exact) mass is 472 g/mol. The summed E-state index contributed by atoms with van der Waals surface area (Å²) in [4.78, 5) is 2.69. The van der Waals surface area contributed by atoms with Crippen molar-refractivity contribution in [2.45, 2.75) is 90.6 Å². The third kappa shape index (κ3) is 8.85. The molecule has 35 heavy (non-hydrogen) atoms. The summed E-state index contributed by atoms with van der Waals surface area (Å²) >= 11 is 0. The molecule has 0 amide bonds. The van der Waals surface area contributed by atoms with Crippen molar-refractivity contribution in [2.24, 2.45) is 0 Å². The first-order chi connectivity index (χ1) is 17.3. The molecule has 0 saturated carbocycles. The summed E-state index contributed by atoms with van der Waals surface area (Å²) < 4.78 is 0. The molecule has 0 radical (unpaired) electrons. The van der Waals surface area contributed by atoms with Gasteiger partial charge in [-0.1, -0.05) is 112 Å². The van der Waals surface area contributed by atoms with Crippen LogP contribution in [0.2, 0.25) is 0 Å². The van der Waals surface area contributed by atoms with Crippen molar-refractivity contribution >= 4 is 5.82 Å². The van der Waals surface area contributed by atoms with Crippen LogP contribution in [0.15, 0.2) is 54.6 Å². The highest BCUT2D eigenvalue weighted by Crippen LogP contribution is 2.21. The van der Waals surface area contributed by atoms with Crippen LogP contribution >= 0.6 is 0 Å². The maximum Gasteiger partial charge on any atom is 0.148 e. The molecule has 188 valence electrons. The molecule has 0 aliphatic carbocycles. The lowest BCUT2D eigenvalue weighted by molar-refractivity contribution is 0.251. The van der Waals surface area contributed by atoms with Gasteiger partial charge in [-0.05, 0) is 49.5 Å². The largest absolute Gasteiger partial charge is 0.365 e. The highest BCUT2D eigenvalue weighted by molar-refractivity contribution is 5.63. The van der Waals surface area contributed by atoms with E-state index in [2.05, 4.69) is 81.9 Å². The molecule has 2 aromatic carbocycles.